The van der Waals surface area contributed by atoms with Crippen LogP contribution in [0, 0.1) is 17.3 Å². The number of hydrogen-bond donors (Lipinski definition) is 0. The molecule has 0 bridgehead atoms. The summed E-state index contributed by atoms with van der Waals surface area (Å²) in [7, 11) is 1.80. The normalized spacial score (nSPS) is 49.5. The first-order valence-corrected chi connectivity index (χ1v) is 6.73. The lowest BCUT2D eigenvalue weighted by molar-refractivity contribution is -0.319. The van der Waals surface area contributed by atoms with E-state index in [9.17, 15) is 0 Å². The fourth-order valence-corrected chi connectivity index (χ4v) is 4.03. The first-order valence-electron chi connectivity index (χ1n) is 6.73. The van der Waals surface area contributed by atoms with Crippen molar-refractivity contribution in [2.24, 2.45) is 17.3 Å². The first-order chi connectivity index (χ1) is 7.54. The third-order valence-electron chi connectivity index (χ3n) is 5.22. The molecule has 0 aromatic heterocycles. The van der Waals surface area contributed by atoms with Crippen LogP contribution in [0.4, 0.5) is 0 Å². The van der Waals surface area contributed by atoms with Crippen molar-refractivity contribution in [2.75, 3.05) is 13.7 Å². The van der Waals surface area contributed by atoms with Gasteiger partial charge in [0, 0.05) is 12.5 Å². The summed E-state index contributed by atoms with van der Waals surface area (Å²) >= 11 is 0. The second-order valence-electron chi connectivity index (χ2n) is 6.04. The Labute approximate surface area is 99.7 Å². The van der Waals surface area contributed by atoms with Crippen molar-refractivity contribution >= 4 is 0 Å². The van der Waals surface area contributed by atoms with Gasteiger partial charge >= 0.3 is 0 Å². The van der Waals surface area contributed by atoms with E-state index in [-0.39, 0.29) is 11.2 Å². The van der Waals surface area contributed by atoms with E-state index < -0.39 is 0 Å². The molecule has 0 N–H and O–H groups in total. The van der Waals surface area contributed by atoms with Crippen LogP contribution >= 0.6 is 0 Å². The maximum atomic E-state index is 5.99. The summed E-state index contributed by atoms with van der Waals surface area (Å²) in [6, 6.07) is 0. The van der Waals surface area contributed by atoms with E-state index in [1.54, 1.807) is 7.11 Å². The van der Waals surface area contributed by atoms with Crippen LogP contribution in [0.1, 0.15) is 52.9 Å². The van der Waals surface area contributed by atoms with Crippen molar-refractivity contribution in [3.63, 3.8) is 0 Å². The molecule has 0 radical (unpaired) electrons. The van der Waals surface area contributed by atoms with Crippen LogP contribution in [0.5, 0.6) is 0 Å². The molecule has 2 aliphatic rings. The summed E-state index contributed by atoms with van der Waals surface area (Å²) in [4.78, 5) is 0. The molecule has 94 valence electrons. The van der Waals surface area contributed by atoms with E-state index in [0.717, 1.165) is 12.5 Å². The summed E-state index contributed by atoms with van der Waals surface area (Å²) in [5.41, 5.74) is 0.256. The minimum Gasteiger partial charge on any atom is -0.353 e. The van der Waals surface area contributed by atoms with Crippen LogP contribution in [0.3, 0.4) is 0 Å². The predicted octanol–water partition coefficient (Wildman–Crippen LogP) is 3.60. The molecule has 4 atom stereocenters. The van der Waals surface area contributed by atoms with Gasteiger partial charge in [-0.25, -0.2) is 0 Å². The van der Waals surface area contributed by atoms with Gasteiger partial charge < -0.3 is 9.47 Å². The van der Waals surface area contributed by atoms with E-state index in [1.807, 2.05) is 0 Å². The zero-order valence-corrected chi connectivity index (χ0v) is 11.2. The molecule has 2 rings (SSSR count). The molecule has 2 nitrogen and oxygen atoms in total. The van der Waals surface area contributed by atoms with Crippen molar-refractivity contribution in [1.82, 2.24) is 0 Å². The van der Waals surface area contributed by atoms with Crippen LogP contribution < -0.4 is 0 Å². The van der Waals surface area contributed by atoms with Gasteiger partial charge in [-0.1, -0.05) is 13.8 Å². The fourth-order valence-electron chi connectivity index (χ4n) is 4.03. The SMILES string of the molecule is CO[C@]1(C)OCCC[C@@]12CCC(C)C[C@@H]2C. The quantitative estimate of drug-likeness (QED) is 0.680. The van der Waals surface area contributed by atoms with Gasteiger partial charge in [-0.3, -0.25) is 0 Å². The highest BCUT2D eigenvalue weighted by Gasteiger charge is 2.55. The average molecular weight is 226 g/mol. The zero-order chi connectivity index (χ0) is 11.8. The zero-order valence-electron chi connectivity index (χ0n) is 11.2. The van der Waals surface area contributed by atoms with E-state index in [0.29, 0.717) is 5.92 Å². The summed E-state index contributed by atoms with van der Waals surface area (Å²) in [5.74, 6) is 1.22. The molecule has 0 aromatic carbocycles. The molecule has 0 amide bonds. The molecule has 1 saturated heterocycles. The standard InChI is InChI=1S/C14H26O2/c1-11-6-8-14(12(2)10-11)7-5-9-16-13(14,3)15-4/h11-12H,5-10H2,1-4H3/t11?,12-,13+,14-/m0/s1. The van der Waals surface area contributed by atoms with Crippen LogP contribution in [0.2, 0.25) is 0 Å². The lowest BCUT2D eigenvalue weighted by atomic mass is 9.57. The molecular formula is C14H26O2. The van der Waals surface area contributed by atoms with Gasteiger partial charge in [-0.05, 0) is 50.9 Å². The number of ether oxygens (including phenoxy) is 2. The van der Waals surface area contributed by atoms with Crippen LogP contribution in [0.15, 0.2) is 0 Å². The van der Waals surface area contributed by atoms with Crippen LogP contribution in [0.25, 0.3) is 0 Å². The van der Waals surface area contributed by atoms with Crippen molar-refractivity contribution < 1.29 is 9.47 Å². The molecular weight excluding hydrogens is 200 g/mol. The fraction of sp³-hybridized carbons (Fsp3) is 1.00. The molecule has 1 unspecified atom stereocenters. The topological polar surface area (TPSA) is 18.5 Å². The minimum absolute atomic E-state index is 0.256. The molecule has 1 heterocycles. The lowest BCUT2D eigenvalue weighted by Crippen LogP contribution is -2.57. The Morgan fingerprint density at radius 1 is 1.25 bits per heavy atom. The third kappa shape index (κ3) is 1.70. The number of rotatable bonds is 1. The van der Waals surface area contributed by atoms with Crippen LogP contribution in [-0.2, 0) is 9.47 Å². The van der Waals surface area contributed by atoms with Gasteiger partial charge in [-0.2, -0.15) is 0 Å². The third-order valence-corrected chi connectivity index (χ3v) is 5.22. The Hall–Kier alpha value is -0.0800. The highest BCUT2D eigenvalue weighted by molar-refractivity contribution is 5.00. The van der Waals surface area contributed by atoms with Gasteiger partial charge in [0.15, 0.2) is 5.79 Å². The predicted molar refractivity (Wildman–Crippen MR) is 65.2 cm³/mol. The largest absolute Gasteiger partial charge is 0.353 e. The Kier molecular flexibility index (Phi) is 3.33. The molecule has 1 spiro atoms. The Bertz CT molecular complexity index is 253. The van der Waals surface area contributed by atoms with E-state index in [1.165, 1.54) is 32.1 Å². The van der Waals surface area contributed by atoms with Gasteiger partial charge in [0.05, 0.1) is 6.61 Å². The Morgan fingerprint density at radius 2 is 2.00 bits per heavy atom. The Morgan fingerprint density at radius 3 is 2.62 bits per heavy atom. The van der Waals surface area contributed by atoms with Crippen molar-refractivity contribution in [1.29, 1.82) is 0 Å². The maximum Gasteiger partial charge on any atom is 0.170 e. The minimum atomic E-state index is -0.356. The molecule has 2 fully saturated rings. The smallest absolute Gasteiger partial charge is 0.170 e. The maximum absolute atomic E-state index is 5.99. The molecule has 1 saturated carbocycles. The van der Waals surface area contributed by atoms with Crippen molar-refractivity contribution in [3.05, 3.63) is 0 Å². The van der Waals surface area contributed by atoms with E-state index in [4.69, 9.17) is 9.47 Å². The molecule has 1 aliphatic heterocycles. The van der Waals surface area contributed by atoms with E-state index in [2.05, 4.69) is 20.8 Å². The molecule has 16 heavy (non-hydrogen) atoms. The number of hydrogen-bond acceptors (Lipinski definition) is 2. The molecule has 1 aliphatic carbocycles. The van der Waals surface area contributed by atoms with Crippen molar-refractivity contribution in [2.45, 2.75) is 58.7 Å². The van der Waals surface area contributed by atoms with Gasteiger partial charge in [-0.15, -0.1) is 0 Å². The van der Waals surface area contributed by atoms with Gasteiger partial charge in [0.25, 0.3) is 0 Å². The summed E-state index contributed by atoms with van der Waals surface area (Å²) in [5, 5.41) is 0. The monoisotopic (exact) mass is 226 g/mol. The number of methoxy groups -OCH3 is 1. The Balaban J connectivity index is 2.26. The average Bonchev–Trinajstić information content (AvgIpc) is 2.27. The van der Waals surface area contributed by atoms with Gasteiger partial charge in [0.2, 0.25) is 0 Å². The second kappa shape index (κ2) is 4.30. The summed E-state index contributed by atoms with van der Waals surface area (Å²) in [6.07, 6.45) is 6.37. The lowest BCUT2D eigenvalue weighted by Gasteiger charge is -2.56. The molecule has 0 aromatic rings. The van der Waals surface area contributed by atoms with Crippen molar-refractivity contribution in [3.8, 4) is 0 Å². The highest BCUT2D eigenvalue weighted by Crippen LogP contribution is 2.56. The van der Waals surface area contributed by atoms with E-state index >= 15 is 0 Å². The summed E-state index contributed by atoms with van der Waals surface area (Å²) < 4.78 is 11.7. The summed E-state index contributed by atoms with van der Waals surface area (Å²) in [6.45, 7) is 7.77. The second-order valence-corrected chi connectivity index (χ2v) is 6.04. The van der Waals surface area contributed by atoms with Crippen LogP contribution in [-0.4, -0.2) is 19.5 Å². The molecule has 2 heteroatoms. The highest BCUT2D eigenvalue weighted by atomic mass is 16.7. The first kappa shape index (κ1) is 12.4. The van der Waals surface area contributed by atoms with Gasteiger partial charge in [0.1, 0.15) is 0 Å².